The Bertz CT molecular complexity index is 562. The first-order valence-electron chi connectivity index (χ1n) is 7.55. The maximum absolute atomic E-state index is 12.1. The number of nitrogens with one attached hydrogen (secondary N) is 2. The van der Waals surface area contributed by atoms with Gasteiger partial charge in [-0.05, 0) is 17.7 Å². The number of benzene rings is 1. The van der Waals surface area contributed by atoms with Gasteiger partial charge in [-0.25, -0.2) is 0 Å². The van der Waals surface area contributed by atoms with Crippen molar-refractivity contribution in [3.63, 3.8) is 0 Å². The first-order valence-corrected chi connectivity index (χ1v) is 8.71. The van der Waals surface area contributed by atoms with E-state index in [0.717, 1.165) is 28.7 Å². The van der Waals surface area contributed by atoms with E-state index in [1.54, 1.807) is 11.8 Å². The first-order chi connectivity index (χ1) is 10.6. The van der Waals surface area contributed by atoms with Crippen LogP contribution >= 0.6 is 24.2 Å². The molecule has 0 aliphatic carbocycles. The average Bonchev–Trinajstić information content (AvgIpc) is 3.07. The van der Waals surface area contributed by atoms with Crippen molar-refractivity contribution in [2.75, 3.05) is 31.4 Å². The lowest BCUT2D eigenvalue weighted by atomic mass is 9.84. The number of carbonyl (C=O) groups is 1. The second-order valence-electron chi connectivity index (χ2n) is 6.23. The smallest absolute Gasteiger partial charge is 0.238 e. The standard InChI is InChI=1S/C16H22N2O3S.ClH/c1-16(2,9-17-15(19)12-8-22-10-18-12)11-3-4-13-14(7-11)21-6-5-20-13;/h3-4,7,12,18H,5-6,8-10H2,1-2H3,(H,17,19);1H. The van der Waals surface area contributed by atoms with Crippen LogP contribution in [0.3, 0.4) is 0 Å². The molecule has 1 fully saturated rings. The van der Waals surface area contributed by atoms with Crippen LogP contribution in [-0.4, -0.2) is 43.3 Å². The molecule has 2 heterocycles. The number of thioether (sulfide) groups is 1. The second-order valence-corrected chi connectivity index (χ2v) is 7.26. The Morgan fingerprint density at radius 3 is 2.78 bits per heavy atom. The molecule has 23 heavy (non-hydrogen) atoms. The fourth-order valence-electron chi connectivity index (χ4n) is 2.56. The lowest BCUT2D eigenvalue weighted by Crippen LogP contribution is -2.46. The lowest BCUT2D eigenvalue weighted by molar-refractivity contribution is -0.122. The van der Waals surface area contributed by atoms with Crippen LogP contribution in [0.2, 0.25) is 0 Å². The highest BCUT2D eigenvalue weighted by Gasteiger charge is 2.27. The fraction of sp³-hybridized carbons (Fsp3) is 0.562. The number of hydrogen-bond acceptors (Lipinski definition) is 5. The van der Waals surface area contributed by atoms with Gasteiger partial charge in [-0.3, -0.25) is 10.1 Å². The van der Waals surface area contributed by atoms with Gasteiger partial charge in [-0.15, -0.1) is 24.2 Å². The molecule has 1 unspecified atom stereocenters. The minimum atomic E-state index is -0.169. The van der Waals surface area contributed by atoms with Crippen molar-refractivity contribution in [1.29, 1.82) is 0 Å². The van der Waals surface area contributed by atoms with Gasteiger partial charge in [0.15, 0.2) is 11.5 Å². The number of amides is 1. The number of fused-ring (bicyclic) bond motifs is 1. The van der Waals surface area contributed by atoms with Crippen LogP contribution in [0.5, 0.6) is 11.5 Å². The average molecular weight is 359 g/mol. The molecule has 0 saturated carbocycles. The number of carbonyl (C=O) groups excluding carboxylic acids is 1. The van der Waals surface area contributed by atoms with Gasteiger partial charge in [0, 0.05) is 23.6 Å². The zero-order chi connectivity index (χ0) is 15.6. The molecular weight excluding hydrogens is 336 g/mol. The number of ether oxygens (including phenoxy) is 2. The second kappa shape index (κ2) is 7.64. The Labute approximate surface area is 147 Å². The van der Waals surface area contributed by atoms with Crippen molar-refractivity contribution in [2.24, 2.45) is 0 Å². The summed E-state index contributed by atoms with van der Waals surface area (Å²) in [4.78, 5) is 12.1. The highest BCUT2D eigenvalue weighted by molar-refractivity contribution is 7.99. The molecule has 2 N–H and O–H groups in total. The van der Waals surface area contributed by atoms with E-state index >= 15 is 0 Å². The predicted molar refractivity (Wildman–Crippen MR) is 95.0 cm³/mol. The van der Waals surface area contributed by atoms with Crippen molar-refractivity contribution in [3.8, 4) is 11.5 Å². The molecule has 0 bridgehead atoms. The zero-order valence-corrected chi connectivity index (χ0v) is 15.0. The summed E-state index contributed by atoms with van der Waals surface area (Å²) in [6.45, 7) is 6.01. The van der Waals surface area contributed by atoms with E-state index in [9.17, 15) is 4.79 Å². The summed E-state index contributed by atoms with van der Waals surface area (Å²) in [5, 5.41) is 6.24. The van der Waals surface area contributed by atoms with Gasteiger partial charge < -0.3 is 14.8 Å². The van der Waals surface area contributed by atoms with E-state index in [0.29, 0.717) is 19.8 Å². The zero-order valence-electron chi connectivity index (χ0n) is 13.4. The topological polar surface area (TPSA) is 59.6 Å². The molecule has 1 aromatic rings. The highest BCUT2D eigenvalue weighted by Crippen LogP contribution is 2.34. The summed E-state index contributed by atoms with van der Waals surface area (Å²) < 4.78 is 11.2. The Kier molecular flexibility index (Phi) is 6.06. The molecule has 1 atom stereocenters. The molecule has 0 aromatic heterocycles. The third-order valence-electron chi connectivity index (χ3n) is 4.06. The summed E-state index contributed by atoms with van der Waals surface area (Å²) >= 11 is 1.75. The summed E-state index contributed by atoms with van der Waals surface area (Å²) in [5.41, 5.74) is 0.961. The summed E-state index contributed by atoms with van der Waals surface area (Å²) in [5.74, 6) is 3.36. The van der Waals surface area contributed by atoms with Crippen molar-refractivity contribution < 1.29 is 14.3 Å². The molecule has 2 aliphatic heterocycles. The quantitative estimate of drug-likeness (QED) is 0.861. The van der Waals surface area contributed by atoms with Crippen LogP contribution in [0.15, 0.2) is 18.2 Å². The molecule has 1 amide bonds. The maximum atomic E-state index is 12.1. The molecule has 1 saturated heterocycles. The highest BCUT2D eigenvalue weighted by atomic mass is 35.5. The van der Waals surface area contributed by atoms with E-state index in [1.165, 1.54) is 0 Å². The van der Waals surface area contributed by atoms with Gasteiger partial charge in [0.25, 0.3) is 0 Å². The lowest BCUT2D eigenvalue weighted by Gasteiger charge is -2.28. The summed E-state index contributed by atoms with van der Waals surface area (Å²) in [6, 6.07) is 5.94. The van der Waals surface area contributed by atoms with E-state index in [1.807, 2.05) is 18.2 Å². The first kappa shape index (κ1) is 18.2. The predicted octanol–water partition coefficient (Wildman–Crippen LogP) is 1.94. The molecule has 7 heteroatoms. The van der Waals surface area contributed by atoms with Gasteiger partial charge in [0.1, 0.15) is 13.2 Å². The van der Waals surface area contributed by atoms with Crippen molar-refractivity contribution >= 4 is 30.1 Å². The van der Waals surface area contributed by atoms with Crippen LogP contribution in [0.4, 0.5) is 0 Å². The van der Waals surface area contributed by atoms with Gasteiger partial charge in [-0.1, -0.05) is 19.9 Å². The molecular formula is C16H23ClN2O3S. The summed E-state index contributed by atoms with van der Waals surface area (Å²) in [6.07, 6.45) is 0. The number of hydrogen-bond donors (Lipinski definition) is 2. The minimum Gasteiger partial charge on any atom is -0.486 e. The van der Waals surface area contributed by atoms with E-state index in [-0.39, 0.29) is 29.8 Å². The van der Waals surface area contributed by atoms with Crippen molar-refractivity contribution in [2.45, 2.75) is 25.3 Å². The third-order valence-corrected chi connectivity index (χ3v) is 5.00. The maximum Gasteiger partial charge on any atom is 0.238 e. The van der Waals surface area contributed by atoms with Crippen LogP contribution < -0.4 is 20.1 Å². The van der Waals surface area contributed by atoms with Crippen LogP contribution in [0.25, 0.3) is 0 Å². The van der Waals surface area contributed by atoms with Crippen molar-refractivity contribution in [1.82, 2.24) is 10.6 Å². The van der Waals surface area contributed by atoms with Crippen molar-refractivity contribution in [3.05, 3.63) is 23.8 Å². The SMILES string of the molecule is CC(C)(CNC(=O)C1CSCN1)c1ccc2c(c1)OCCO2.Cl. The van der Waals surface area contributed by atoms with Crippen LogP contribution in [0, 0.1) is 0 Å². The van der Waals surface area contributed by atoms with Gasteiger partial charge in [0.05, 0.1) is 6.04 Å². The molecule has 128 valence electrons. The molecule has 0 radical (unpaired) electrons. The minimum absolute atomic E-state index is 0. The summed E-state index contributed by atoms with van der Waals surface area (Å²) in [7, 11) is 0. The van der Waals surface area contributed by atoms with Crippen LogP contribution in [-0.2, 0) is 10.2 Å². The Morgan fingerprint density at radius 2 is 2.09 bits per heavy atom. The largest absolute Gasteiger partial charge is 0.486 e. The van der Waals surface area contributed by atoms with E-state index in [2.05, 4.69) is 24.5 Å². The molecule has 2 aliphatic rings. The van der Waals surface area contributed by atoms with Crippen LogP contribution in [0.1, 0.15) is 19.4 Å². The molecule has 1 aromatic carbocycles. The molecule has 3 rings (SSSR count). The van der Waals surface area contributed by atoms with E-state index in [4.69, 9.17) is 9.47 Å². The molecule has 5 nitrogen and oxygen atoms in total. The normalized spacial score (nSPS) is 19.8. The monoisotopic (exact) mass is 358 g/mol. The Balaban J connectivity index is 0.00000192. The van der Waals surface area contributed by atoms with Gasteiger partial charge in [0.2, 0.25) is 5.91 Å². The third kappa shape index (κ3) is 4.25. The van der Waals surface area contributed by atoms with E-state index < -0.39 is 0 Å². The number of rotatable bonds is 4. The Morgan fingerprint density at radius 1 is 1.35 bits per heavy atom. The van der Waals surface area contributed by atoms with Gasteiger partial charge in [-0.2, -0.15) is 0 Å². The number of halogens is 1. The van der Waals surface area contributed by atoms with Gasteiger partial charge >= 0.3 is 0 Å². The molecule has 0 spiro atoms. The fourth-order valence-corrected chi connectivity index (χ4v) is 3.50. The Hall–Kier alpha value is -1.11.